The van der Waals surface area contributed by atoms with Crippen molar-refractivity contribution in [1.82, 2.24) is 24.3 Å². The van der Waals surface area contributed by atoms with Gasteiger partial charge in [-0.1, -0.05) is 6.07 Å². The summed E-state index contributed by atoms with van der Waals surface area (Å²) in [6.45, 7) is 1.36. The second kappa shape index (κ2) is 9.46. The summed E-state index contributed by atoms with van der Waals surface area (Å²) in [6.07, 6.45) is 11.0. The summed E-state index contributed by atoms with van der Waals surface area (Å²) >= 11 is 0. The summed E-state index contributed by atoms with van der Waals surface area (Å²) in [5, 5.41) is 0. The molecule has 1 aliphatic heterocycles. The van der Waals surface area contributed by atoms with Crippen molar-refractivity contribution in [3.63, 3.8) is 0 Å². The maximum atomic E-state index is 14.0. The van der Waals surface area contributed by atoms with Crippen molar-refractivity contribution < 1.29 is 8.78 Å². The minimum atomic E-state index is -0.918. The van der Waals surface area contributed by atoms with Crippen LogP contribution in [0.1, 0.15) is 29.8 Å². The highest BCUT2D eigenvalue weighted by Gasteiger charge is 2.35. The van der Waals surface area contributed by atoms with Crippen LogP contribution in [0.4, 0.5) is 20.3 Å². The number of imidazole rings is 1. The summed E-state index contributed by atoms with van der Waals surface area (Å²) in [6, 6.07) is 11.5. The van der Waals surface area contributed by atoms with Gasteiger partial charge in [-0.05, 0) is 54.8 Å². The van der Waals surface area contributed by atoms with E-state index in [1.54, 1.807) is 24.8 Å². The van der Waals surface area contributed by atoms with Gasteiger partial charge >= 0.3 is 0 Å². The number of nitrogens with two attached hydrogens (primary N) is 2. The fourth-order valence-electron chi connectivity index (χ4n) is 5.20. The molecule has 1 unspecified atom stereocenters. The van der Waals surface area contributed by atoms with Crippen LogP contribution in [-0.2, 0) is 12.0 Å². The summed E-state index contributed by atoms with van der Waals surface area (Å²) in [5.74, 6) is -1.47. The highest BCUT2D eigenvalue weighted by molar-refractivity contribution is 5.66. The van der Waals surface area contributed by atoms with E-state index < -0.39 is 17.2 Å². The van der Waals surface area contributed by atoms with Crippen molar-refractivity contribution in [3.05, 3.63) is 102 Å². The molecule has 8 nitrogen and oxygen atoms in total. The lowest BCUT2D eigenvalue weighted by Gasteiger charge is -2.41. The van der Waals surface area contributed by atoms with E-state index in [1.807, 2.05) is 34.9 Å². The van der Waals surface area contributed by atoms with Gasteiger partial charge in [-0.15, -0.1) is 0 Å². The van der Waals surface area contributed by atoms with Gasteiger partial charge in [0, 0.05) is 55.6 Å². The Labute approximate surface area is 218 Å². The largest absolute Gasteiger partial charge is 0.381 e. The topological polar surface area (TPSA) is 111 Å². The van der Waals surface area contributed by atoms with Crippen molar-refractivity contribution in [1.29, 1.82) is 0 Å². The fraction of sp³-hybridized carbons (Fsp3) is 0.214. The number of nitrogens with zero attached hydrogens (tertiary/aromatic N) is 6. The molecule has 0 aliphatic carbocycles. The van der Waals surface area contributed by atoms with Crippen LogP contribution < -0.4 is 16.4 Å². The molecule has 0 radical (unpaired) electrons. The van der Waals surface area contributed by atoms with Gasteiger partial charge in [-0.25, -0.2) is 18.7 Å². The van der Waals surface area contributed by atoms with E-state index in [2.05, 4.69) is 24.8 Å². The maximum Gasteiger partial charge on any atom is 0.180 e. The second-order valence-electron chi connectivity index (χ2n) is 9.66. The predicted octanol–water partition coefficient (Wildman–Crippen LogP) is 4.09. The van der Waals surface area contributed by atoms with Crippen molar-refractivity contribution >= 4 is 17.2 Å². The molecule has 0 bridgehead atoms. The first-order chi connectivity index (χ1) is 18.4. The van der Waals surface area contributed by atoms with Crippen LogP contribution in [0.25, 0.3) is 16.9 Å². The molecule has 1 atom stereocenters. The van der Waals surface area contributed by atoms with Crippen LogP contribution >= 0.6 is 0 Å². The summed E-state index contributed by atoms with van der Waals surface area (Å²) in [4.78, 5) is 20.0. The molecule has 0 spiro atoms. The number of anilines is 2. The molecule has 10 heteroatoms. The van der Waals surface area contributed by atoms with Gasteiger partial charge in [0.1, 0.15) is 0 Å². The Kier molecular flexibility index (Phi) is 5.96. The number of piperidine rings is 1. The third-order valence-electron chi connectivity index (χ3n) is 7.12. The second-order valence-corrected chi connectivity index (χ2v) is 9.66. The smallest absolute Gasteiger partial charge is 0.180 e. The molecule has 4 N–H and O–H groups in total. The Balaban J connectivity index is 1.43. The standard InChI is InChI=1S/C28H26F2N8/c29-21-6-5-18(13-22(21)30)23-14-19(12-20-15-36-27-26(31)34-9-11-38(20)27)24(16-35-23)37-10-3-7-28(32,17-37)25-4-1-2-8-33-25/h1-2,4-6,8-9,11,13-16H,3,7,10,12,17,32H2,(H2,31,34). The Bertz CT molecular complexity index is 1620. The number of hydrogen-bond acceptors (Lipinski definition) is 7. The molecule has 5 heterocycles. The average molecular weight is 513 g/mol. The van der Waals surface area contributed by atoms with E-state index in [9.17, 15) is 8.78 Å². The third kappa shape index (κ3) is 4.32. The van der Waals surface area contributed by atoms with Gasteiger partial charge in [-0.3, -0.25) is 14.4 Å². The molecular formula is C28H26F2N8. The van der Waals surface area contributed by atoms with Crippen molar-refractivity contribution in [2.45, 2.75) is 24.8 Å². The molecule has 5 aromatic rings. The van der Waals surface area contributed by atoms with E-state index in [1.165, 1.54) is 6.07 Å². The van der Waals surface area contributed by atoms with Gasteiger partial charge < -0.3 is 16.4 Å². The Hall–Kier alpha value is -4.44. The van der Waals surface area contributed by atoms with E-state index >= 15 is 0 Å². The molecule has 0 saturated carbocycles. The van der Waals surface area contributed by atoms with Gasteiger partial charge in [-0.2, -0.15) is 0 Å². The van der Waals surface area contributed by atoms with Gasteiger partial charge in [0.05, 0.1) is 28.8 Å². The molecule has 4 aromatic heterocycles. The van der Waals surface area contributed by atoms with E-state index in [0.717, 1.165) is 54.2 Å². The minimum Gasteiger partial charge on any atom is -0.381 e. The zero-order chi connectivity index (χ0) is 26.3. The number of benzene rings is 1. The molecule has 1 saturated heterocycles. The number of fused-ring (bicyclic) bond motifs is 1. The van der Waals surface area contributed by atoms with Gasteiger partial charge in [0.2, 0.25) is 0 Å². The number of rotatable bonds is 5. The van der Waals surface area contributed by atoms with Crippen LogP contribution in [0.5, 0.6) is 0 Å². The van der Waals surface area contributed by atoms with Crippen LogP contribution in [0.15, 0.2) is 73.4 Å². The van der Waals surface area contributed by atoms with Crippen LogP contribution in [0.2, 0.25) is 0 Å². The monoisotopic (exact) mass is 512 g/mol. The van der Waals surface area contributed by atoms with E-state index in [4.69, 9.17) is 11.5 Å². The molecule has 192 valence electrons. The van der Waals surface area contributed by atoms with Gasteiger partial charge in [0.25, 0.3) is 0 Å². The zero-order valence-corrected chi connectivity index (χ0v) is 20.6. The van der Waals surface area contributed by atoms with Crippen LogP contribution in [0, 0.1) is 11.6 Å². The van der Waals surface area contributed by atoms with Crippen LogP contribution in [-0.4, -0.2) is 37.4 Å². The lowest BCUT2D eigenvalue weighted by molar-refractivity contribution is 0.345. The Morgan fingerprint density at radius 1 is 0.947 bits per heavy atom. The Morgan fingerprint density at radius 3 is 2.66 bits per heavy atom. The predicted molar refractivity (Wildman–Crippen MR) is 141 cm³/mol. The van der Waals surface area contributed by atoms with Crippen LogP contribution in [0.3, 0.4) is 0 Å². The lowest BCUT2D eigenvalue weighted by atomic mass is 9.86. The maximum absolute atomic E-state index is 14.0. The quantitative estimate of drug-likeness (QED) is 0.365. The minimum absolute atomic E-state index is 0.343. The molecule has 38 heavy (non-hydrogen) atoms. The lowest BCUT2D eigenvalue weighted by Crippen LogP contribution is -2.52. The SMILES string of the molecule is Nc1nccn2c(Cc3cc(-c4ccc(F)c(F)c4)ncc3N3CCCC(N)(c4ccccn4)C3)cnc12. The molecule has 0 amide bonds. The number of halogens is 2. The highest BCUT2D eigenvalue weighted by atomic mass is 19.2. The Morgan fingerprint density at radius 2 is 1.84 bits per heavy atom. The number of pyridine rings is 2. The van der Waals surface area contributed by atoms with E-state index in [-0.39, 0.29) is 0 Å². The first-order valence-electron chi connectivity index (χ1n) is 12.4. The van der Waals surface area contributed by atoms with Crippen molar-refractivity contribution in [3.8, 4) is 11.3 Å². The number of hydrogen-bond donors (Lipinski definition) is 2. The van der Waals surface area contributed by atoms with Crippen molar-refractivity contribution in [2.24, 2.45) is 5.73 Å². The third-order valence-corrected chi connectivity index (χ3v) is 7.12. The molecule has 6 rings (SSSR count). The summed E-state index contributed by atoms with van der Waals surface area (Å²) in [5.41, 5.74) is 17.5. The molecule has 1 fully saturated rings. The zero-order valence-electron chi connectivity index (χ0n) is 20.6. The molecule has 1 aliphatic rings. The van der Waals surface area contributed by atoms with Crippen molar-refractivity contribution in [2.75, 3.05) is 23.7 Å². The highest BCUT2D eigenvalue weighted by Crippen LogP contribution is 2.34. The number of aromatic nitrogens is 5. The first kappa shape index (κ1) is 23.9. The normalized spacial score (nSPS) is 17.7. The fourth-order valence-corrected chi connectivity index (χ4v) is 5.20. The average Bonchev–Trinajstić information content (AvgIpc) is 3.35. The number of nitrogen functional groups attached to an aromatic ring is 1. The summed E-state index contributed by atoms with van der Waals surface area (Å²) < 4.78 is 29.5. The first-order valence-corrected chi connectivity index (χ1v) is 12.4. The molecular weight excluding hydrogens is 486 g/mol. The molecule has 1 aromatic carbocycles. The summed E-state index contributed by atoms with van der Waals surface area (Å²) in [7, 11) is 0. The van der Waals surface area contributed by atoms with E-state index in [0.29, 0.717) is 35.7 Å². The van der Waals surface area contributed by atoms with Gasteiger partial charge in [0.15, 0.2) is 23.1 Å².